The number of anilines is 1. The monoisotopic (exact) mass is 267 g/mol. The summed E-state index contributed by atoms with van der Waals surface area (Å²) in [7, 11) is 0. The van der Waals surface area contributed by atoms with E-state index in [0.717, 1.165) is 25.1 Å². The molecule has 1 aliphatic heterocycles. The fraction of sp³-hybridized carbons (Fsp3) is 0.353. The minimum absolute atomic E-state index is 0.0936. The summed E-state index contributed by atoms with van der Waals surface area (Å²) in [5.74, 6) is 0. The number of aromatic nitrogens is 1. The highest BCUT2D eigenvalue weighted by molar-refractivity contribution is 5.59. The molecule has 3 nitrogen and oxygen atoms in total. The molecule has 1 aromatic carbocycles. The molecule has 0 radical (unpaired) electrons. The van der Waals surface area contributed by atoms with Gasteiger partial charge in [-0.15, -0.1) is 0 Å². The van der Waals surface area contributed by atoms with Crippen molar-refractivity contribution in [3.8, 4) is 0 Å². The summed E-state index contributed by atoms with van der Waals surface area (Å²) in [6.45, 7) is 3.16. The van der Waals surface area contributed by atoms with Crippen molar-refractivity contribution in [2.75, 3.05) is 11.4 Å². The van der Waals surface area contributed by atoms with Crippen molar-refractivity contribution in [2.45, 2.75) is 31.8 Å². The Bertz CT molecular complexity index is 567. The minimum Gasteiger partial charge on any atom is -0.361 e. The molecule has 3 rings (SSSR count). The van der Waals surface area contributed by atoms with Crippen molar-refractivity contribution < 1.29 is 0 Å². The lowest BCUT2D eigenvalue weighted by Gasteiger charge is -2.34. The first-order valence-electron chi connectivity index (χ1n) is 7.32. The Hall–Kier alpha value is -1.87. The summed E-state index contributed by atoms with van der Waals surface area (Å²) in [5.41, 5.74) is 10.2. The molecule has 1 aromatic heterocycles. The molecule has 3 heteroatoms. The number of rotatable bonds is 4. The van der Waals surface area contributed by atoms with Gasteiger partial charge in [0.05, 0.1) is 11.7 Å². The third-order valence-electron chi connectivity index (χ3n) is 4.13. The minimum atomic E-state index is 0.0936. The van der Waals surface area contributed by atoms with Crippen LogP contribution in [0.15, 0.2) is 48.7 Å². The Morgan fingerprint density at radius 2 is 2.00 bits per heavy atom. The molecule has 2 heterocycles. The zero-order valence-corrected chi connectivity index (χ0v) is 11.9. The lowest BCUT2D eigenvalue weighted by atomic mass is 10.0. The molecule has 2 atom stereocenters. The Kier molecular flexibility index (Phi) is 3.70. The van der Waals surface area contributed by atoms with Gasteiger partial charge in [0.25, 0.3) is 0 Å². The maximum atomic E-state index is 6.40. The number of hydrogen-bond acceptors (Lipinski definition) is 3. The Balaban J connectivity index is 2.00. The van der Waals surface area contributed by atoms with Gasteiger partial charge in [-0.2, -0.15) is 0 Å². The van der Waals surface area contributed by atoms with Gasteiger partial charge in [0, 0.05) is 24.5 Å². The third kappa shape index (κ3) is 2.29. The molecule has 0 spiro atoms. The average molecular weight is 267 g/mol. The van der Waals surface area contributed by atoms with Gasteiger partial charge in [-0.1, -0.05) is 31.2 Å². The lowest BCUT2D eigenvalue weighted by molar-refractivity contribution is 0.488. The average Bonchev–Trinajstić information content (AvgIpc) is 2.92. The lowest BCUT2D eigenvalue weighted by Crippen LogP contribution is -2.40. The van der Waals surface area contributed by atoms with Gasteiger partial charge >= 0.3 is 0 Å². The fourth-order valence-corrected chi connectivity index (χ4v) is 3.04. The molecular formula is C17H21N3. The second kappa shape index (κ2) is 5.63. The number of fused-ring (bicyclic) bond motifs is 1. The summed E-state index contributed by atoms with van der Waals surface area (Å²) < 4.78 is 0. The fourth-order valence-electron chi connectivity index (χ4n) is 3.04. The van der Waals surface area contributed by atoms with Crippen molar-refractivity contribution >= 4 is 5.69 Å². The molecule has 0 amide bonds. The zero-order chi connectivity index (χ0) is 13.9. The number of pyridine rings is 1. The predicted molar refractivity (Wildman–Crippen MR) is 82.7 cm³/mol. The van der Waals surface area contributed by atoms with E-state index >= 15 is 0 Å². The molecule has 0 bridgehead atoms. The summed E-state index contributed by atoms with van der Waals surface area (Å²) in [5, 5.41) is 0. The quantitative estimate of drug-likeness (QED) is 0.926. The highest BCUT2D eigenvalue weighted by Gasteiger charge is 2.31. The van der Waals surface area contributed by atoms with Crippen molar-refractivity contribution in [1.29, 1.82) is 0 Å². The standard InChI is InChI=1S/C17H21N3/c1-2-14(18)17(15-8-5-6-11-19-15)20-12-10-13-7-3-4-9-16(13)20/h3-9,11,14,17H,2,10,12,18H2,1H3. The van der Waals surface area contributed by atoms with Crippen LogP contribution in [0.1, 0.15) is 30.6 Å². The molecule has 2 N–H and O–H groups in total. The number of benzene rings is 1. The van der Waals surface area contributed by atoms with Gasteiger partial charge in [0.2, 0.25) is 0 Å². The van der Waals surface area contributed by atoms with Gasteiger partial charge in [0.1, 0.15) is 0 Å². The summed E-state index contributed by atoms with van der Waals surface area (Å²) >= 11 is 0. The molecule has 2 unspecified atom stereocenters. The molecular weight excluding hydrogens is 246 g/mol. The maximum Gasteiger partial charge on any atom is 0.0864 e. The van der Waals surface area contributed by atoms with Crippen LogP contribution >= 0.6 is 0 Å². The normalized spacial score (nSPS) is 16.8. The second-order valence-electron chi connectivity index (χ2n) is 5.34. The Morgan fingerprint density at radius 1 is 1.20 bits per heavy atom. The zero-order valence-electron chi connectivity index (χ0n) is 11.9. The topological polar surface area (TPSA) is 42.1 Å². The molecule has 0 fully saturated rings. The van der Waals surface area contributed by atoms with Crippen LogP contribution in [0, 0.1) is 0 Å². The van der Waals surface area contributed by atoms with E-state index in [0.29, 0.717) is 0 Å². The van der Waals surface area contributed by atoms with Gasteiger partial charge in [-0.3, -0.25) is 4.98 Å². The smallest absolute Gasteiger partial charge is 0.0864 e. The molecule has 20 heavy (non-hydrogen) atoms. The molecule has 2 aromatic rings. The number of para-hydroxylation sites is 1. The highest BCUT2D eigenvalue weighted by atomic mass is 15.2. The van der Waals surface area contributed by atoms with E-state index in [9.17, 15) is 0 Å². The molecule has 0 saturated carbocycles. The van der Waals surface area contributed by atoms with Gasteiger partial charge in [-0.05, 0) is 36.6 Å². The first-order valence-corrected chi connectivity index (χ1v) is 7.32. The molecule has 104 valence electrons. The van der Waals surface area contributed by atoms with E-state index in [-0.39, 0.29) is 12.1 Å². The van der Waals surface area contributed by atoms with Crippen molar-refractivity contribution in [2.24, 2.45) is 5.73 Å². The van der Waals surface area contributed by atoms with Crippen LogP contribution in [0.5, 0.6) is 0 Å². The van der Waals surface area contributed by atoms with E-state index in [4.69, 9.17) is 5.73 Å². The largest absolute Gasteiger partial charge is 0.361 e. The van der Waals surface area contributed by atoms with Crippen LogP contribution in [0.3, 0.4) is 0 Å². The summed E-state index contributed by atoms with van der Waals surface area (Å²) in [4.78, 5) is 6.97. The van der Waals surface area contributed by atoms with Gasteiger partial charge < -0.3 is 10.6 Å². The molecule has 0 saturated heterocycles. The van der Waals surface area contributed by atoms with Crippen molar-refractivity contribution in [3.05, 3.63) is 59.9 Å². The van der Waals surface area contributed by atoms with Crippen molar-refractivity contribution in [3.63, 3.8) is 0 Å². The highest BCUT2D eigenvalue weighted by Crippen LogP contribution is 2.36. The van der Waals surface area contributed by atoms with Crippen LogP contribution in [0.2, 0.25) is 0 Å². The Labute approximate surface area is 120 Å². The first-order chi connectivity index (χ1) is 9.81. The number of nitrogens with zero attached hydrogens (tertiary/aromatic N) is 2. The van der Waals surface area contributed by atoms with Gasteiger partial charge in [0.15, 0.2) is 0 Å². The first kappa shape index (κ1) is 13.1. The molecule has 1 aliphatic rings. The van der Waals surface area contributed by atoms with E-state index in [1.54, 1.807) is 0 Å². The van der Waals surface area contributed by atoms with E-state index < -0.39 is 0 Å². The number of nitrogens with two attached hydrogens (primary N) is 1. The number of hydrogen-bond donors (Lipinski definition) is 1. The van der Waals surface area contributed by atoms with Crippen LogP contribution in [0.25, 0.3) is 0 Å². The van der Waals surface area contributed by atoms with E-state index in [2.05, 4.69) is 47.1 Å². The second-order valence-corrected chi connectivity index (χ2v) is 5.34. The van der Waals surface area contributed by atoms with E-state index in [1.165, 1.54) is 11.3 Å². The van der Waals surface area contributed by atoms with E-state index in [1.807, 2.05) is 18.3 Å². The van der Waals surface area contributed by atoms with Crippen LogP contribution in [0.4, 0.5) is 5.69 Å². The predicted octanol–water partition coefficient (Wildman–Crippen LogP) is 2.92. The third-order valence-corrected chi connectivity index (χ3v) is 4.13. The van der Waals surface area contributed by atoms with Crippen LogP contribution < -0.4 is 10.6 Å². The summed E-state index contributed by atoms with van der Waals surface area (Å²) in [6, 6.07) is 14.9. The SMILES string of the molecule is CCC(N)C(c1ccccn1)N1CCc2ccccc21. The molecule has 0 aliphatic carbocycles. The Morgan fingerprint density at radius 3 is 2.75 bits per heavy atom. The summed E-state index contributed by atoms with van der Waals surface area (Å²) in [6.07, 6.45) is 3.89. The van der Waals surface area contributed by atoms with Crippen LogP contribution in [-0.2, 0) is 6.42 Å². The van der Waals surface area contributed by atoms with Crippen LogP contribution in [-0.4, -0.2) is 17.6 Å². The van der Waals surface area contributed by atoms with Crippen molar-refractivity contribution in [1.82, 2.24) is 4.98 Å². The van der Waals surface area contributed by atoms with Gasteiger partial charge in [-0.25, -0.2) is 0 Å². The maximum absolute atomic E-state index is 6.40.